The zero-order valence-corrected chi connectivity index (χ0v) is 18.5. The molecule has 0 radical (unpaired) electrons. The van der Waals surface area contributed by atoms with Gasteiger partial charge in [-0.1, -0.05) is 50.2 Å². The summed E-state index contributed by atoms with van der Waals surface area (Å²) < 4.78 is 11.5. The summed E-state index contributed by atoms with van der Waals surface area (Å²) in [6.45, 7) is 6.93. The standard InChI is InChI=1S/C25H34N2O4/c1-19(2)25(21-9-10-22-23(17-21)31-16-6-15-30-22)26-24(29)18-27(13-14-28)12-11-20-7-4-3-5-8-20/h3-5,7-10,17,19,25,28H,6,11-16,18H2,1-2H3,(H,26,29). The largest absolute Gasteiger partial charge is 0.490 e. The molecule has 3 rings (SSSR count). The SMILES string of the molecule is CC(C)C(NC(=O)CN(CCO)CCc1ccccc1)c1ccc2c(c1)OCCCO2. The van der Waals surface area contributed by atoms with Crippen molar-refractivity contribution >= 4 is 5.91 Å². The molecule has 2 aromatic carbocycles. The zero-order valence-electron chi connectivity index (χ0n) is 18.5. The van der Waals surface area contributed by atoms with Crippen LogP contribution in [0.5, 0.6) is 11.5 Å². The van der Waals surface area contributed by atoms with Gasteiger partial charge in [0.2, 0.25) is 5.91 Å². The van der Waals surface area contributed by atoms with E-state index in [9.17, 15) is 9.90 Å². The third kappa shape index (κ3) is 6.97. The molecule has 1 atom stereocenters. The van der Waals surface area contributed by atoms with Gasteiger partial charge in [0.1, 0.15) is 0 Å². The van der Waals surface area contributed by atoms with E-state index in [0.29, 0.717) is 26.3 Å². The maximum atomic E-state index is 12.9. The summed E-state index contributed by atoms with van der Waals surface area (Å²) >= 11 is 0. The summed E-state index contributed by atoms with van der Waals surface area (Å²) in [6.07, 6.45) is 1.70. The predicted molar refractivity (Wildman–Crippen MR) is 121 cm³/mol. The summed E-state index contributed by atoms with van der Waals surface area (Å²) in [7, 11) is 0. The molecular weight excluding hydrogens is 392 g/mol. The highest BCUT2D eigenvalue weighted by Gasteiger charge is 2.22. The van der Waals surface area contributed by atoms with Gasteiger partial charge in [-0.05, 0) is 35.6 Å². The second kappa shape index (κ2) is 11.7. The molecule has 31 heavy (non-hydrogen) atoms. The number of hydrogen-bond acceptors (Lipinski definition) is 5. The van der Waals surface area contributed by atoms with Gasteiger partial charge in [-0.25, -0.2) is 0 Å². The number of amides is 1. The van der Waals surface area contributed by atoms with Gasteiger partial charge < -0.3 is 19.9 Å². The lowest BCUT2D eigenvalue weighted by Crippen LogP contribution is -2.42. The average molecular weight is 427 g/mol. The monoisotopic (exact) mass is 426 g/mol. The summed E-state index contributed by atoms with van der Waals surface area (Å²) in [4.78, 5) is 14.9. The normalized spacial score (nSPS) is 14.4. The van der Waals surface area contributed by atoms with Gasteiger partial charge in [0, 0.05) is 19.5 Å². The number of carbonyl (C=O) groups is 1. The first-order chi connectivity index (χ1) is 15.1. The first kappa shape index (κ1) is 23.1. The second-order valence-electron chi connectivity index (χ2n) is 8.28. The Balaban J connectivity index is 1.63. The Kier molecular flexibility index (Phi) is 8.74. The molecule has 0 aromatic heterocycles. The maximum Gasteiger partial charge on any atom is 0.234 e. The molecular formula is C25H34N2O4. The fourth-order valence-corrected chi connectivity index (χ4v) is 3.77. The lowest BCUT2D eigenvalue weighted by molar-refractivity contribution is -0.123. The van der Waals surface area contributed by atoms with E-state index in [1.54, 1.807) is 0 Å². The third-order valence-corrected chi connectivity index (χ3v) is 5.46. The number of aliphatic hydroxyl groups excluding tert-OH is 1. The van der Waals surface area contributed by atoms with Crippen LogP contribution < -0.4 is 14.8 Å². The number of fused-ring (bicyclic) bond motifs is 1. The first-order valence-corrected chi connectivity index (χ1v) is 11.1. The minimum Gasteiger partial charge on any atom is -0.490 e. The van der Waals surface area contributed by atoms with Crippen molar-refractivity contribution in [3.63, 3.8) is 0 Å². The lowest BCUT2D eigenvalue weighted by Gasteiger charge is -2.26. The van der Waals surface area contributed by atoms with Gasteiger partial charge >= 0.3 is 0 Å². The van der Waals surface area contributed by atoms with Crippen LogP contribution in [0.2, 0.25) is 0 Å². The molecule has 1 heterocycles. The van der Waals surface area contributed by atoms with Gasteiger partial charge in [-0.15, -0.1) is 0 Å². The van der Waals surface area contributed by atoms with Gasteiger partial charge in [-0.3, -0.25) is 9.69 Å². The highest BCUT2D eigenvalue weighted by atomic mass is 16.5. The Bertz CT molecular complexity index is 826. The van der Waals surface area contributed by atoms with Gasteiger partial charge in [0.15, 0.2) is 11.5 Å². The van der Waals surface area contributed by atoms with Crippen LogP contribution in [0.1, 0.15) is 37.4 Å². The Morgan fingerprint density at radius 1 is 1.06 bits per heavy atom. The maximum absolute atomic E-state index is 12.9. The van der Waals surface area contributed by atoms with Gasteiger partial charge in [-0.2, -0.15) is 0 Å². The molecule has 2 aromatic rings. The molecule has 0 bridgehead atoms. The molecule has 6 heteroatoms. The summed E-state index contributed by atoms with van der Waals surface area (Å²) in [6, 6.07) is 16.0. The molecule has 6 nitrogen and oxygen atoms in total. The molecule has 168 valence electrons. The minimum atomic E-state index is -0.130. The Morgan fingerprint density at radius 2 is 1.81 bits per heavy atom. The van der Waals surface area contributed by atoms with Gasteiger partial charge in [0.05, 0.1) is 32.4 Å². The molecule has 0 fully saturated rings. The number of benzene rings is 2. The van der Waals surface area contributed by atoms with Crippen molar-refractivity contribution in [2.24, 2.45) is 5.92 Å². The molecule has 1 aliphatic rings. The van der Waals surface area contributed by atoms with E-state index >= 15 is 0 Å². The number of rotatable bonds is 10. The van der Waals surface area contributed by atoms with Crippen LogP contribution >= 0.6 is 0 Å². The van der Waals surface area contributed by atoms with E-state index < -0.39 is 0 Å². The topological polar surface area (TPSA) is 71.0 Å². The first-order valence-electron chi connectivity index (χ1n) is 11.1. The number of aliphatic hydroxyl groups is 1. The van der Waals surface area contributed by atoms with Crippen LogP contribution in [0.4, 0.5) is 0 Å². The lowest BCUT2D eigenvalue weighted by atomic mass is 9.95. The summed E-state index contributed by atoms with van der Waals surface area (Å²) in [5.74, 6) is 1.65. The highest BCUT2D eigenvalue weighted by molar-refractivity contribution is 5.78. The van der Waals surface area contributed by atoms with Crippen LogP contribution in [0, 0.1) is 5.92 Å². The van der Waals surface area contributed by atoms with Crippen molar-refractivity contribution < 1.29 is 19.4 Å². The summed E-state index contributed by atoms with van der Waals surface area (Å²) in [5.41, 5.74) is 2.23. The van der Waals surface area contributed by atoms with Crippen LogP contribution in [-0.4, -0.2) is 55.4 Å². The van der Waals surface area contributed by atoms with E-state index in [0.717, 1.165) is 29.9 Å². The van der Waals surface area contributed by atoms with Crippen LogP contribution in [0.3, 0.4) is 0 Å². The number of hydrogen-bond donors (Lipinski definition) is 2. The fourth-order valence-electron chi connectivity index (χ4n) is 3.77. The number of ether oxygens (including phenoxy) is 2. The van der Waals surface area contributed by atoms with Gasteiger partial charge in [0.25, 0.3) is 0 Å². The predicted octanol–water partition coefficient (Wildman–Crippen LogP) is 3.20. The Hall–Kier alpha value is -2.57. The van der Waals surface area contributed by atoms with E-state index in [1.165, 1.54) is 5.56 Å². The van der Waals surface area contributed by atoms with Crippen LogP contribution in [0.25, 0.3) is 0 Å². The molecule has 1 amide bonds. The molecule has 0 spiro atoms. The fraction of sp³-hybridized carbons (Fsp3) is 0.480. The van der Waals surface area contributed by atoms with E-state index in [4.69, 9.17) is 9.47 Å². The highest BCUT2D eigenvalue weighted by Crippen LogP contribution is 2.34. The van der Waals surface area contributed by atoms with Crippen molar-refractivity contribution in [2.75, 3.05) is 39.5 Å². The van der Waals surface area contributed by atoms with Crippen LogP contribution in [0.15, 0.2) is 48.5 Å². The molecule has 0 saturated carbocycles. The Morgan fingerprint density at radius 3 is 2.52 bits per heavy atom. The van der Waals surface area contributed by atoms with E-state index in [-0.39, 0.29) is 31.0 Å². The van der Waals surface area contributed by atoms with Crippen molar-refractivity contribution in [1.29, 1.82) is 0 Å². The van der Waals surface area contributed by atoms with Crippen molar-refractivity contribution in [3.05, 3.63) is 59.7 Å². The van der Waals surface area contributed by atoms with E-state index in [2.05, 4.69) is 31.3 Å². The van der Waals surface area contributed by atoms with E-state index in [1.807, 2.05) is 41.3 Å². The Labute approximate surface area is 185 Å². The molecule has 2 N–H and O–H groups in total. The van der Waals surface area contributed by atoms with Crippen molar-refractivity contribution in [3.8, 4) is 11.5 Å². The van der Waals surface area contributed by atoms with Crippen molar-refractivity contribution in [1.82, 2.24) is 10.2 Å². The molecule has 0 aliphatic carbocycles. The average Bonchev–Trinajstić information content (AvgIpc) is 3.01. The molecule has 1 aliphatic heterocycles. The number of nitrogens with one attached hydrogen (secondary N) is 1. The number of carbonyl (C=O) groups excluding carboxylic acids is 1. The smallest absolute Gasteiger partial charge is 0.234 e. The second-order valence-corrected chi connectivity index (χ2v) is 8.28. The van der Waals surface area contributed by atoms with Crippen LogP contribution in [-0.2, 0) is 11.2 Å². The number of nitrogens with zero attached hydrogens (tertiary/aromatic N) is 1. The molecule has 1 unspecified atom stereocenters. The van der Waals surface area contributed by atoms with Crippen molar-refractivity contribution in [2.45, 2.75) is 32.7 Å². The third-order valence-electron chi connectivity index (χ3n) is 5.46. The minimum absolute atomic E-state index is 0.0256. The zero-order chi connectivity index (χ0) is 22.1. The summed E-state index contributed by atoms with van der Waals surface area (Å²) in [5, 5.41) is 12.6. The molecule has 0 saturated heterocycles. The quantitative estimate of drug-likeness (QED) is 0.611.